The van der Waals surface area contributed by atoms with E-state index in [1.807, 2.05) is 66.1 Å². The molecule has 0 bridgehead atoms. The van der Waals surface area contributed by atoms with E-state index < -0.39 is 0 Å². The van der Waals surface area contributed by atoms with Gasteiger partial charge >= 0.3 is 0 Å². The molecule has 4 rings (SSSR count). The minimum absolute atomic E-state index is 0.116. The number of benzene rings is 2. The van der Waals surface area contributed by atoms with E-state index in [1.165, 1.54) is 0 Å². The number of fused-ring (bicyclic) bond motifs is 1. The van der Waals surface area contributed by atoms with Crippen LogP contribution < -0.4 is 10.1 Å². The summed E-state index contributed by atoms with van der Waals surface area (Å²) >= 11 is 6.02. The number of amides is 1. The zero-order valence-electron chi connectivity index (χ0n) is 15.2. The maximum atomic E-state index is 12.6. The number of rotatable bonds is 5. The van der Waals surface area contributed by atoms with Crippen molar-refractivity contribution in [1.29, 1.82) is 0 Å². The van der Waals surface area contributed by atoms with Crippen LogP contribution in [0.4, 0.5) is 5.82 Å². The smallest absolute Gasteiger partial charge is 0.263 e. The number of nitrogens with one attached hydrogen (secondary N) is 1. The summed E-state index contributed by atoms with van der Waals surface area (Å²) in [4.78, 5) is 17.2. The van der Waals surface area contributed by atoms with Gasteiger partial charge in [-0.15, -0.1) is 0 Å². The van der Waals surface area contributed by atoms with Gasteiger partial charge in [0.05, 0.1) is 0 Å². The predicted octanol–water partition coefficient (Wildman–Crippen LogP) is 4.98. The average molecular weight is 392 g/mol. The molecular weight excluding hydrogens is 374 g/mol. The van der Waals surface area contributed by atoms with Gasteiger partial charge in [0.15, 0.2) is 6.61 Å². The number of nitrogens with zero attached hydrogens (tertiary/aromatic N) is 2. The van der Waals surface area contributed by atoms with Gasteiger partial charge in [0.25, 0.3) is 5.91 Å². The first kappa shape index (κ1) is 18.1. The molecule has 1 amide bonds. The van der Waals surface area contributed by atoms with Crippen molar-refractivity contribution < 1.29 is 9.53 Å². The molecule has 6 heteroatoms. The summed E-state index contributed by atoms with van der Waals surface area (Å²) in [6, 6.07) is 20.8. The normalized spacial score (nSPS) is 10.8. The number of hydrogen-bond acceptors (Lipinski definition) is 3. The number of ether oxygens (including phenoxy) is 1. The van der Waals surface area contributed by atoms with E-state index in [9.17, 15) is 4.79 Å². The summed E-state index contributed by atoms with van der Waals surface area (Å²) < 4.78 is 7.46. The molecule has 28 heavy (non-hydrogen) atoms. The van der Waals surface area contributed by atoms with Gasteiger partial charge in [-0.2, -0.15) is 0 Å². The van der Waals surface area contributed by atoms with Gasteiger partial charge in [-0.05, 0) is 42.8 Å². The summed E-state index contributed by atoms with van der Waals surface area (Å²) in [5.41, 5.74) is 3.29. The Hall–Kier alpha value is -3.31. The highest BCUT2D eigenvalue weighted by atomic mass is 35.5. The molecular formula is C22H18ClN3O2. The number of aryl methyl sites for hydroxylation is 1. The minimum atomic E-state index is -0.268. The van der Waals surface area contributed by atoms with Gasteiger partial charge < -0.3 is 10.1 Å². The highest BCUT2D eigenvalue weighted by molar-refractivity contribution is 6.31. The summed E-state index contributed by atoms with van der Waals surface area (Å²) in [6.07, 6.45) is 1.87. The van der Waals surface area contributed by atoms with Gasteiger partial charge in [0.1, 0.15) is 22.9 Å². The topological polar surface area (TPSA) is 55.6 Å². The lowest BCUT2D eigenvalue weighted by molar-refractivity contribution is -0.118. The zero-order valence-corrected chi connectivity index (χ0v) is 16.0. The first-order chi connectivity index (χ1) is 13.6. The molecule has 140 valence electrons. The van der Waals surface area contributed by atoms with E-state index in [4.69, 9.17) is 16.3 Å². The Morgan fingerprint density at radius 3 is 2.68 bits per heavy atom. The van der Waals surface area contributed by atoms with Crippen molar-refractivity contribution in [2.75, 3.05) is 11.9 Å². The molecule has 0 aliphatic rings. The van der Waals surface area contributed by atoms with Crippen molar-refractivity contribution in [1.82, 2.24) is 9.38 Å². The summed E-state index contributed by atoms with van der Waals surface area (Å²) in [5.74, 6) is 0.941. The number of aromatic nitrogens is 2. The summed E-state index contributed by atoms with van der Waals surface area (Å²) in [5, 5.41) is 3.60. The van der Waals surface area contributed by atoms with Crippen LogP contribution in [-0.2, 0) is 4.79 Å². The molecule has 4 aromatic rings. The molecule has 0 fully saturated rings. The molecule has 0 spiro atoms. The second-order valence-electron chi connectivity index (χ2n) is 6.35. The fraction of sp³-hybridized carbons (Fsp3) is 0.0909. The largest absolute Gasteiger partial charge is 0.484 e. The van der Waals surface area contributed by atoms with Crippen LogP contribution in [0.2, 0.25) is 5.02 Å². The van der Waals surface area contributed by atoms with E-state index in [-0.39, 0.29) is 12.5 Å². The molecule has 0 atom stereocenters. The van der Waals surface area contributed by atoms with Crippen molar-refractivity contribution in [3.63, 3.8) is 0 Å². The third kappa shape index (κ3) is 3.70. The average Bonchev–Trinajstić information content (AvgIpc) is 3.08. The Balaban J connectivity index is 1.58. The van der Waals surface area contributed by atoms with Gasteiger partial charge in [0.2, 0.25) is 0 Å². The Labute approximate surface area is 167 Å². The third-order valence-electron chi connectivity index (χ3n) is 4.33. The molecule has 2 aromatic heterocycles. The molecule has 0 saturated carbocycles. The SMILES string of the molecule is Cc1cc(OCC(=O)Nc2c(-c3ccccc3)nc3ccccn23)ccc1Cl. The fourth-order valence-corrected chi connectivity index (χ4v) is 3.05. The van der Waals surface area contributed by atoms with Crippen molar-refractivity contribution in [2.45, 2.75) is 6.92 Å². The number of carbonyl (C=O) groups is 1. The summed E-state index contributed by atoms with van der Waals surface area (Å²) in [6.45, 7) is 1.77. The molecule has 0 aliphatic heterocycles. The number of anilines is 1. The van der Waals surface area contributed by atoms with Crippen LogP contribution in [0.3, 0.4) is 0 Å². The van der Waals surface area contributed by atoms with Crippen LogP contribution in [0.25, 0.3) is 16.9 Å². The van der Waals surface area contributed by atoms with Gasteiger partial charge in [-0.3, -0.25) is 9.20 Å². The van der Waals surface area contributed by atoms with E-state index in [2.05, 4.69) is 10.3 Å². The van der Waals surface area contributed by atoms with Crippen molar-refractivity contribution in [3.8, 4) is 17.0 Å². The predicted molar refractivity (Wildman–Crippen MR) is 111 cm³/mol. The molecule has 2 aromatic carbocycles. The van der Waals surface area contributed by atoms with Crippen LogP contribution in [0, 0.1) is 6.92 Å². The Morgan fingerprint density at radius 2 is 1.89 bits per heavy atom. The number of imidazole rings is 1. The van der Waals surface area contributed by atoms with Gasteiger partial charge in [0, 0.05) is 16.8 Å². The Morgan fingerprint density at radius 1 is 1.11 bits per heavy atom. The molecule has 0 aliphatic carbocycles. The maximum absolute atomic E-state index is 12.6. The van der Waals surface area contributed by atoms with E-state index in [1.54, 1.807) is 18.2 Å². The second-order valence-corrected chi connectivity index (χ2v) is 6.76. The molecule has 5 nitrogen and oxygen atoms in total. The highest BCUT2D eigenvalue weighted by Crippen LogP contribution is 2.28. The standard InChI is InChI=1S/C22H18ClN3O2/c1-15-13-17(10-11-18(15)23)28-14-20(27)25-22-21(16-7-3-2-4-8-16)24-19-9-5-6-12-26(19)22/h2-13H,14H2,1H3,(H,25,27). The van der Waals surface area contributed by atoms with Crippen molar-refractivity contribution in [2.24, 2.45) is 0 Å². The quantitative estimate of drug-likeness (QED) is 0.522. The van der Waals surface area contributed by atoms with Crippen LogP contribution in [0.15, 0.2) is 72.9 Å². The van der Waals surface area contributed by atoms with Crippen LogP contribution in [0.1, 0.15) is 5.56 Å². The van der Waals surface area contributed by atoms with E-state index >= 15 is 0 Å². The van der Waals surface area contributed by atoms with Crippen LogP contribution in [0.5, 0.6) is 5.75 Å². The first-order valence-electron chi connectivity index (χ1n) is 8.83. The van der Waals surface area contributed by atoms with Gasteiger partial charge in [-0.1, -0.05) is 48.0 Å². The summed E-state index contributed by atoms with van der Waals surface area (Å²) in [7, 11) is 0. The molecule has 0 radical (unpaired) electrons. The zero-order chi connectivity index (χ0) is 19.5. The Bertz CT molecular complexity index is 1140. The van der Waals surface area contributed by atoms with E-state index in [0.29, 0.717) is 22.3 Å². The van der Waals surface area contributed by atoms with Crippen LogP contribution >= 0.6 is 11.6 Å². The molecule has 1 N–H and O–H groups in total. The minimum Gasteiger partial charge on any atom is -0.484 e. The van der Waals surface area contributed by atoms with E-state index in [0.717, 1.165) is 16.8 Å². The third-order valence-corrected chi connectivity index (χ3v) is 4.76. The second kappa shape index (κ2) is 7.74. The monoisotopic (exact) mass is 391 g/mol. The molecule has 0 unspecified atom stereocenters. The van der Waals surface area contributed by atoms with Crippen molar-refractivity contribution in [3.05, 3.63) is 83.5 Å². The number of hydrogen-bond donors (Lipinski definition) is 1. The highest BCUT2D eigenvalue weighted by Gasteiger charge is 2.16. The van der Waals surface area contributed by atoms with Crippen molar-refractivity contribution >= 4 is 29.0 Å². The number of carbonyl (C=O) groups excluding carboxylic acids is 1. The first-order valence-corrected chi connectivity index (χ1v) is 9.21. The molecule has 2 heterocycles. The lowest BCUT2D eigenvalue weighted by atomic mass is 10.1. The van der Waals surface area contributed by atoms with Gasteiger partial charge in [-0.25, -0.2) is 4.98 Å². The number of pyridine rings is 1. The fourth-order valence-electron chi connectivity index (χ4n) is 2.94. The lowest BCUT2D eigenvalue weighted by Gasteiger charge is -2.10. The Kier molecular flexibility index (Phi) is 5.00. The number of halogens is 1. The van der Waals surface area contributed by atoms with Crippen LogP contribution in [-0.4, -0.2) is 21.9 Å². The lowest BCUT2D eigenvalue weighted by Crippen LogP contribution is -2.21. The molecule has 0 saturated heterocycles. The maximum Gasteiger partial charge on any atom is 0.263 e.